The summed E-state index contributed by atoms with van der Waals surface area (Å²) in [6.45, 7) is 4.56. The Balaban J connectivity index is 2.06. The van der Waals surface area contributed by atoms with E-state index in [1.165, 1.54) is 5.69 Å². The standard InChI is InChI=1S/C14H19N3O/c1-3-17(13-7-5-4-6-8-13)11-14-9-12(10-15-2)16-18-14/h4-9,15H,3,10-11H2,1-2H3. The van der Waals surface area contributed by atoms with Gasteiger partial charge in [-0.25, -0.2) is 0 Å². The molecule has 96 valence electrons. The van der Waals surface area contributed by atoms with Gasteiger partial charge < -0.3 is 14.7 Å². The van der Waals surface area contributed by atoms with Crippen LogP contribution >= 0.6 is 0 Å². The molecule has 0 radical (unpaired) electrons. The molecule has 1 aromatic heterocycles. The van der Waals surface area contributed by atoms with E-state index < -0.39 is 0 Å². The minimum Gasteiger partial charge on any atom is -0.364 e. The predicted octanol–water partition coefficient (Wildman–Crippen LogP) is 2.42. The second-order valence-electron chi connectivity index (χ2n) is 4.16. The molecular formula is C14H19N3O. The molecule has 2 rings (SSSR count). The van der Waals surface area contributed by atoms with Gasteiger partial charge in [-0.1, -0.05) is 23.4 Å². The van der Waals surface area contributed by atoms with Crippen LogP contribution in [0.1, 0.15) is 18.4 Å². The van der Waals surface area contributed by atoms with Crippen LogP contribution in [0.2, 0.25) is 0 Å². The molecule has 0 bridgehead atoms. The Morgan fingerprint density at radius 1 is 1.28 bits per heavy atom. The van der Waals surface area contributed by atoms with Gasteiger partial charge in [-0.2, -0.15) is 0 Å². The average Bonchev–Trinajstić information content (AvgIpc) is 2.85. The summed E-state index contributed by atoms with van der Waals surface area (Å²) in [4.78, 5) is 2.25. The van der Waals surface area contributed by atoms with Crippen LogP contribution in [0.3, 0.4) is 0 Å². The fraction of sp³-hybridized carbons (Fsp3) is 0.357. The summed E-state index contributed by atoms with van der Waals surface area (Å²) in [7, 11) is 1.90. The molecule has 0 amide bonds. The van der Waals surface area contributed by atoms with Crippen molar-refractivity contribution in [3.05, 3.63) is 47.9 Å². The van der Waals surface area contributed by atoms with Gasteiger partial charge in [0.2, 0.25) is 0 Å². The Bertz CT molecular complexity index is 467. The van der Waals surface area contributed by atoms with Crippen molar-refractivity contribution < 1.29 is 4.52 Å². The van der Waals surface area contributed by atoms with E-state index in [0.29, 0.717) is 0 Å². The number of anilines is 1. The normalized spacial score (nSPS) is 10.6. The van der Waals surface area contributed by atoms with Gasteiger partial charge in [-0.3, -0.25) is 0 Å². The van der Waals surface area contributed by atoms with E-state index in [1.807, 2.05) is 31.3 Å². The molecular weight excluding hydrogens is 226 g/mol. The summed E-state index contributed by atoms with van der Waals surface area (Å²) >= 11 is 0. The van der Waals surface area contributed by atoms with Crippen LogP contribution in [0.15, 0.2) is 40.9 Å². The minimum atomic E-state index is 0.737. The van der Waals surface area contributed by atoms with E-state index in [0.717, 1.165) is 31.1 Å². The van der Waals surface area contributed by atoms with E-state index in [1.54, 1.807) is 0 Å². The molecule has 0 unspecified atom stereocenters. The maximum absolute atomic E-state index is 5.34. The van der Waals surface area contributed by atoms with Crippen molar-refractivity contribution in [2.45, 2.75) is 20.0 Å². The fourth-order valence-corrected chi connectivity index (χ4v) is 1.91. The largest absolute Gasteiger partial charge is 0.364 e. The number of benzene rings is 1. The van der Waals surface area contributed by atoms with Gasteiger partial charge in [0.25, 0.3) is 0 Å². The van der Waals surface area contributed by atoms with Crippen molar-refractivity contribution in [3.63, 3.8) is 0 Å². The zero-order valence-corrected chi connectivity index (χ0v) is 10.9. The highest BCUT2D eigenvalue weighted by atomic mass is 16.5. The Kier molecular flexibility index (Phi) is 4.36. The Morgan fingerprint density at radius 3 is 2.72 bits per heavy atom. The van der Waals surface area contributed by atoms with Crippen LogP contribution in [0.4, 0.5) is 5.69 Å². The van der Waals surface area contributed by atoms with E-state index in [2.05, 4.69) is 34.4 Å². The van der Waals surface area contributed by atoms with Crippen LogP contribution in [-0.2, 0) is 13.1 Å². The molecule has 4 nitrogen and oxygen atoms in total. The molecule has 0 aliphatic carbocycles. The minimum absolute atomic E-state index is 0.737. The van der Waals surface area contributed by atoms with Crippen molar-refractivity contribution >= 4 is 5.69 Å². The SMILES string of the molecule is CCN(Cc1cc(CNC)no1)c1ccccc1. The summed E-state index contributed by atoms with van der Waals surface area (Å²) in [5.41, 5.74) is 2.14. The second kappa shape index (κ2) is 6.21. The summed E-state index contributed by atoms with van der Waals surface area (Å²) in [5.74, 6) is 0.894. The van der Waals surface area contributed by atoms with Gasteiger partial charge in [0.15, 0.2) is 5.76 Å². The first-order chi connectivity index (χ1) is 8.83. The Labute approximate surface area is 108 Å². The Morgan fingerprint density at radius 2 is 2.06 bits per heavy atom. The number of rotatable bonds is 6. The van der Waals surface area contributed by atoms with Gasteiger partial charge in [0.05, 0.1) is 12.2 Å². The molecule has 4 heteroatoms. The molecule has 18 heavy (non-hydrogen) atoms. The Hall–Kier alpha value is -1.81. The highest BCUT2D eigenvalue weighted by molar-refractivity contribution is 5.45. The van der Waals surface area contributed by atoms with Crippen molar-refractivity contribution in [1.82, 2.24) is 10.5 Å². The van der Waals surface area contributed by atoms with E-state index in [-0.39, 0.29) is 0 Å². The van der Waals surface area contributed by atoms with E-state index in [9.17, 15) is 0 Å². The first-order valence-electron chi connectivity index (χ1n) is 6.22. The average molecular weight is 245 g/mol. The van der Waals surface area contributed by atoms with E-state index in [4.69, 9.17) is 4.52 Å². The number of nitrogens with one attached hydrogen (secondary N) is 1. The third-order valence-corrected chi connectivity index (χ3v) is 2.82. The highest BCUT2D eigenvalue weighted by Gasteiger charge is 2.09. The van der Waals surface area contributed by atoms with Gasteiger partial charge in [0, 0.05) is 24.8 Å². The van der Waals surface area contributed by atoms with Crippen molar-refractivity contribution in [1.29, 1.82) is 0 Å². The topological polar surface area (TPSA) is 41.3 Å². The molecule has 0 saturated heterocycles. The molecule has 1 N–H and O–H groups in total. The lowest BCUT2D eigenvalue weighted by Gasteiger charge is -2.21. The van der Waals surface area contributed by atoms with Gasteiger partial charge in [0.1, 0.15) is 0 Å². The first kappa shape index (κ1) is 12.6. The molecule has 1 aromatic carbocycles. The lowest BCUT2D eigenvalue weighted by Crippen LogP contribution is -2.21. The smallest absolute Gasteiger partial charge is 0.156 e. The number of nitrogens with zero attached hydrogens (tertiary/aromatic N) is 2. The van der Waals surface area contributed by atoms with Crippen LogP contribution in [0.25, 0.3) is 0 Å². The van der Waals surface area contributed by atoms with E-state index >= 15 is 0 Å². The van der Waals surface area contributed by atoms with Crippen LogP contribution in [0, 0.1) is 0 Å². The van der Waals surface area contributed by atoms with Crippen LogP contribution in [0.5, 0.6) is 0 Å². The second-order valence-corrected chi connectivity index (χ2v) is 4.16. The first-order valence-corrected chi connectivity index (χ1v) is 6.22. The van der Waals surface area contributed by atoms with Crippen LogP contribution < -0.4 is 10.2 Å². The predicted molar refractivity (Wildman–Crippen MR) is 72.4 cm³/mol. The van der Waals surface area contributed by atoms with Crippen molar-refractivity contribution in [2.24, 2.45) is 0 Å². The molecule has 0 saturated carbocycles. The number of hydrogen-bond acceptors (Lipinski definition) is 4. The summed E-state index contributed by atoms with van der Waals surface area (Å²) in [5, 5.41) is 7.08. The number of aromatic nitrogens is 1. The third kappa shape index (κ3) is 3.11. The zero-order chi connectivity index (χ0) is 12.8. The van der Waals surface area contributed by atoms with Gasteiger partial charge in [-0.15, -0.1) is 0 Å². The van der Waals surface area contributed by atoms with Gasteiger partial charge in [-0.05, 0) is 26.1 Å². The molecule has 0 atom stereocenters. The van der Waals surface area contributed by atoms with Crippen molar-refractivity contribution in [2.75, 3.05) is 18.5 Å². The lowest BCUT2D eigenvalue weighted by molar-refractivity contribution is 0.374. The molecule has 0 fully saturated rings. The third-order valence-electron chi connectivity index (χ3n) is 2.82. The maximum Gasteiger partial charge on any atom is 0.156 e. The molecule has 0 aliphatic heterocycles. The molecule has 0 spiro atoms. The fourth-order valence-electron chi connectivity index (χ4n) is 1.91. The maximum atomic E-state index is 5.34. The summed E-state index contributed by atoms with van der Waals surface area (Å²) in [6.07, 6.45) is 0. The quantitative estimate of drug-likeness (QED) is 0.848. The highest BCUT2D eigenvalue weighted by Crippen LogP contribution is 2.16. The monoisotopic (exact) mass is 245 g/mol. The van der Waals surface area contributed by atoms with Crippen molar-refractivity contribution in [3.8, 4) is 0 Å². The molecule has 0 aliphatic rings. The molecule has 1 heterocycles. The van der Waals surface area contributed by atoms with Crippen LogP contribution in [-0.4, -0.2) is 18.7 Å². The summed E-state index contributed by atoms with van der Waals surface area (Å²) in [6, 6.07) is 12.3. The van der Waals surface area contributed by atoms with Gasteiger partial charge >= 0.3 is 0 Å². The lowest BCUT2D eigenvalue weighted by atomic mass is 10.2. The zero-order valence-electron chi connectivity index (χ0n) is 10.9. The summed E-state index contributed by atoms with van der Waals surface area (Å²) < 4.78 is 5.34. The number of hydrogen-bond donors (Lipinski definition) is 1. The molecule has 2 aromatic rings. The number of para-hydroxylation sites is 1.